The first-order valence-corrected chi connectivity index (χ1v) is 7.72. The molecule has 1 unspecified atom stereocenters. The number of benzene rings is 2. The third kappa shape index (κ3) is 3.51. The summed E-state index contributed by atoms with van der Waals surface area (Å²) >= 11 is 0. The summed E-state index contributed by atoms with van der Waals surface area (Å²) in [5, 5.41) is 3.48. The maximum atomic E-state index is 13.6. The van der Waals surface area contributed by atoms with Crippen LogP contribution in [0.4, 0.5) is 4.39 Å². The summed E-state index contributed by atoms with van der Waals surface area (Å²) in [4.78, 5) is 0. The first-order valence-electron chi connectivity index (χ1n) is 7.72. The molecule has 1 nitrogen and oxygen atoms in total. The van der Waals surface area contributed by atoms with Crippen molar-refractivity contribution in [1.82, 2.24) is 5.32 Å². The van der Waals surface area contributed by atoms with Crippen LogP contribution in [0, 0.1) is 12.7 Å². The van der Waals surface area contributed by atoms with E-state index in [1.807, 2.05) is 12.1 Å². The van der Waals surface area contributed by atoms with Crippen LogP contribution in [0.2, 0.25) is 0 Å². The van der Waals surface area contributed by atoms with Crippen LogP contribution in [0.3, 0.4) is 0 Å². The monoisotopic (exact) mass is 283 g/mol. The quantitative estimate of drug-likeness (QED) is 0.826. The second-order valence-corrected chi connectivity index (χ2v) is 6.13. The molecule has 2 aromatic carbocycles. The SMILES string of the molecule is Cc1ccc(C(C)NCc2cccc(C3CC3)c2)cc1F. The highest BCUT2D eigenvalue weighted by atomic mass is 19.1. The van der Waals surface area contributed by atoms with Gasteiger partial charge in [0.05, 0.1) is 0 Å². The average Bonchev–Trinajstić information content (AvgIpc) is 3.32. The minimum Gasteiger partial charge on any atom is -0.306 e. The van der Waals surface area contributed by atoms with Crippen molar-refractivity contribution in [3.05, 3.63) is 70.5 Å². The van der Waals surface area contributed by atoms with Crippen molar-refractivity contribution >= 4 is 0 Å². The van der Waals surface area contributed by atoms with E-state index < -0.39 is 0 Å². The molecular weight excluding hydrogens is 261 g/mol. The predicted molar refractivity (Wildman–Crippen MR) is 84.8 cm³/mol. The van der Waals surface area contributed by atoms with Gasteiger partial charge < -0.3 is 5.32 Å². The first-order chi connectivity index (χ1) is 10.1. The van der Waals surface area contributed by atoms with Gasteiger partial charge >= 0.3 is 0 Å². The van der Waals surface area contributed by atoms with E-state index >= 15 is 0 Å². The molecule has 0 heterocycles. The minimum atomic E-state index is -0.128. The summed E-state index contributed by atoms with van der Waals surface area (Å²) in [5.41, 5.74) is 4.46. The normalized spacial score (nSPS) is 16.0. The smallest absolute Gasteiger partial charge is 0.126 e. The average molecular weight is 283 g/mol. The Morgan fingerprint density at radius 2 is 2.00 bits per heavy atom. The Hall–Kier alpha value is -1.67. The fraction of sp³-hybridized carbons (Fsp3) is 0.368. The highest BCUT2D eigenvalue weighted by Crippen LogP contribution is 2.40. The molecule has 0 saturated heterocycles. The lowest BCUT2D eigenvalue weighted by Gasteiger charge is -2.15. The van der Waals surface area contributed by atoms with Gasteiger partial charge in [0.1, 0.15) is 5.82 Å². The summed E-state index contributed by atoms with van der Waals surface area (Å²) in [6, 6.07) is 14.4. The molecule has 2 heteroatoms. The fourth-order valence-electron chi connectivity index (χ4n) is 2.64. The molecule has 0 radical (unpaired) electrons. The summed E-state index contributed by atoms with van der Waals surface area (Å²) in [6.07, 6.45) is 2.66. The second kappa shape index (κ2) is 5.98. The lowest BCUT2D eigenvalue weighted by molar-refractivity contribution is 0.563. The Labute approximate surface area is 126 Å². The molecule has 21 heavy (non-hydrogen) atoms. The molecule has 3 rings (SSSR count). The van der Waals surface area contributed by atoms with E-state index in [-0.39, 0.29) is 11.9 Å². The van der Waals surface area contributed by atoms with Crippen molar-refractivity contribution in [1.29, 1.82) is 0 Å². The first kappa shape index (κ1) is 14.3. The van der Waals surface area contributed by atoms with Crippen LogP contribution in [-0.4, -0.2) is 0 Å². The zero-order valence-corrected chi connectivity index (χ0v) is 12.7. The van der Waals surface area contributed by atoms with E-state index in [1.54, 1.807) is 13.0 Å². The van der Waals surface area contributed by atoms with Crippen molar-refractivity contribution in [3.8, 4) is 0 Å². The van der Waals surface area contributed by atoms with E-state index in [0.29, 0.717) is 5.56 Å². The molecule has 1 aliphatic carbocycles. The zero-order chi connectivity index (χ0) is 14.8. The topological polar surface area (TPSA) is 12.0 Å². The molecule has 1 N–H and O–H groups in total. The van der Waals surface area contributed by atoms with E-state index in [9.17, 15) is 4.39 Å². The lowest BCUT2D eigenvalue weighted by Crippen LogP contribution is -2.18. The number of hydrogen-bond acceptors (Lipinski definition) is 1. The van der Waals surface area contributed by atoms with Crippen molar-refractivity contribution in [2.75, 3.05) is 0 Å². The highest BCUT2D eigenvalue weighted by molar-refractivity contribution is 5.29. The van der Waals surface area contributed by atoms with Crippen LogP contribution in [0.25, 0.3) is 0 Å². The molecule has 1 fully saturated rings. The lowest BCUT2D eigenvalue weighted by atomic mass is 10.0. The molecule has 0 aromatic heterocycles. The molecule has 1 saturated carbocycles. The number of hydrogen-bond donors (Lipinski definition) is 1. The van der Waals surface area contributed by atoms with Crippen LogP contribution in [0.15, 0.2) is 42.5 Å². The van der Waals surface area contributed by atoms with Gasteiger partial charge in [-0.3, -0.25) is 0 Å². The van der Waals surface area contributed by atoms with Crippen molar-refractivity contribution in [2.24, 2.45) is 0 Å². The summed E-state index contributed by atoms with van der Waals surface area (Å²) < 4.78 is 13.6. The number of halogens is 1. The Morgan fingerprint density at radius 1 is 1.19 bits per heavy atom. The summed E-state index contributed by atoms with van der Waals surface area (Å²) in [6.45, 7) is 4.69. The third-order valence-corrected chi connectivity index (χ3v) is 4.31. The van der Waals surface area contributed by atoms with Crippen LogP contribution < -0.4 is 5.32 Å². The van der Waals surface area contributed by atoms with Crippen molar-refractivity contribution in [2.45, 2.75) is 45.2 Å². The van der Waals surface area contributed by atoms with E-state index in [4.69, 9.17) is 0 Å². The van der Waals surface area contributed by atoms with Gasteiger partial charge in [0.2, 0.25) is 0 Å². The molecule has 0 bridgehead atoms. The molecule has 0 amide bonds. The van der Waals surface area contributed by atoms with Crippen LogP contribution in [0.1, 0.15) is 54.0 Å². The van der Waals surface area contributed by atoms with Crippen molar-refractivity contribution < 1.29 is 4.39 Å². The van der Waals surface area contributed by atoms with Gasteiger partial charge in [0.15, 0.2) is 0 Å². The molecular formula is C19H22FN. The Kier molecular flexibility index (Phi) is 4.07. The largest absolute Gasteiger partial charge is 0.306 e. The Balaban J connectivity index is 1.63. The van der Waals surface area contributed by atoms with Gasteiger partial charge in [-0.1, -0.05) is 36.4 Å². The predicted octanol–water partition coefficient (Wildman–Crippen LogP) is 4.86. The molecule has 0 spiro atoms. The van der Waals surface area contributed by atoms with E-state index in [0.717, 1.165) is 18.0 Å². The molecule has 1 atom stereocenters. The third-order valence-electron chi connectivity index (χ3n) is 4.31. The second-order valence-electron chi connectivity index (χ2n) is 6.13. The minimum absolute atomic E-state index is 0.128. The van der Waals surface area contributed by atoms with Gasteiger partial charge in [-0.05, 0) is 60.9 Å². The van der Waals surface area contributed by atoms with Gasteiger partial charge in [-0.25, -0.2) is 4.39 Å². The Bertz CT molecular complexity index is 631. The summed E-state index contributed by atoms with van der Waals surface area (Å²) in [5.74, 6) is 0.658. The van der Waals surface area contributed by atoms with E-state index in [2.05, 4.69) is 36.5 Å². The van der Waals surface area contributed by atoms with Crippen LogP contribution in [-0.2, 0) is 6.54 Å². The zero-order valence-electron chi connectivity index (χ0n) is 12.7. The number of aryl methyl sites for hydroxylation is 1. The maximum Gasteiger partial charge on any atom is 0.126 e. The van der Waals surface area contributed by atoms with Crippen LogP contribution in [0.5, 0.6) is 0 Å². The van der Waals surface area contributed by atoms with Gasteiger partial charge in [-0.15, -0.1) is 0 Å². The fourth-order valence-corrected chi connectivity index (χ4v) is 2.64. The van der Waals surface area contributed by atoms with Crippen LogP contribution >= 0.6 is 0 Å². The number of rotatable bonds is 5. The molecule has 0 aliphatic heterocycles. The van der Waals surface area contributed by atoms with Gasteiger partial charge in [-0.2, -0.15) is 0 Å². The summed E-state index contributed by atoms with van der Waals surface area (Å²) in [7, 11) is 0. The van der Waals surface area contributed by atoms with Gasteiger partial charge in [0, 0.05) is 12.6 Å². The number of nitrogens with one attached hydrogen (secondary N) is 1. The van der Waals surface area contributed by atoms with Crippen molar-refractivity contribution in [3.63, 3.8) is 0 Å². The molecule has 110 valence electrons. The Morgan fingerprint density at radius 3 is 2.71 bits per heavy atom. The standard InChI is InChI=1S/C19H22FN/c1-13-6-7-17(11-19(13)20)14(2)21-12-15-4-3-5-18(10-15)16-8-9-16/h3-7,10-11,14,16,21H,8-9,12H2,1-2H3. The molecule has 2 aromatic rings. The molecule has 1 aliphatic rings. The maximum absolute atomic E-state index is 13.6. The van der Waals surface area contributed by atoms with Gasteiger partial charge in [0.25, 0.3) is 0 Å². The van der Waals surface area contributed by atoms with E-state index in [1.165, 1.54) is 24.0 Å². The highest BCUT2D eigenvalue weighted by Gasteiger charge is 2.23.